The summed E-state index contributed by atoms with van der Waals surface area (Å²) in [4.78, 5) is 24.4. The maximum absolute atomic E-state index is 13.5. The number of nitrogens with zero attached hydrogens (tertiary/aromatic N) is 1. The van der Waals surface area contributed by atoms with Crippen LogP contribution in [0.4, 0.5) is 10.1 Å². The zero-order valence-corrected chi connectivity index (χ0v) is 12.5. The molecule has 0 atom stereocenters. The zero-order chi connectivity index (χ0) is 16.4. The monoisotopic (exact) mass is 310 g/mol. The Balaban J connectivity index is 1.81. The number of hydrogen-bond donors (Lipinski definition) is 1. The Hall–Kier alpha value is -2.95. The fourth-order valence-electron chi connectivity index (χ4n) is 2.38. The van der Waals surface area contributed by atoms with Gasteiger partial charge in [-0.05, 0) is 42.1 Å². The second-order valence-electron chi connectivity index (χ2n) is 5.35. The van der Waals surface area contributed by atoms with Gasteiger partial charge in [0.1, 0.15) is 12.4 Å². The van der Waals surface area contributed by atoms with Crippen LogP contribution in [0.25, 0.3) is 10.8 Å². The largest absolute Gasteiger partial charge is 0.324 e. The van der Waals surface area contributed by atoms with E-state index in [-0.39, 0.29) is 23.8 Å². The molecule has 1 aromatic heterocycles. The standard InChI is InChI=1S/C18H15FN2O2/c1-12-6-7-14(10-16(12)19)20-17(22)11-21-9-8-13-4-2-3-5-15(13)18(21)23/h2-10H,11H2,1H3,(H,20,22). The average Bonchev–Trinajstić information content (AvgIpc) is 2.54. The van der Waals surface area contributed by atoms with Crippen LogP contribution in [0.5, 0.6) is 0 Å². The molecule has 0 aliphatic heterocycles. The molecule has 1 heterocycles. The number of aromatic nitrogens is 1. The lowest BCUT2D eigenvalue weighted by atomic mass is 10.2. The van der Waals surface area contributed by atoms with Crippen LogP contribution >= 0.6 is 0 Å². The number of nitrogens with one attached hydrogen (secondary N) is 1. The number of amides is 1. The first-order valence-corrected chi connectivity index (χ1v) is 7.19. The number of anilines is 1. The van der Waals surface area contributed by atoms with E-state index < -0.39 is 0 Å². The molecule has 4 nitrogen and oxygen atoms in total. The third-order valence-electron chi connectivity index (χ3n) is 3.66. The van der Waals surface area contributed by atoms with E-state index in [1.54, 1.807) is 43.5 Å². The van der Waals surface area contributed by atoms with Crippen molar-refractivity contribution in [1.82, 2.24) is 4.57 Å². The Morgan fingerprint density at radius 1 is 1.17 bits per heavy atom. The molecule has 1 N–H and O–H groups in total. The molecule has 5 heteroatoms. The van der Waals surface area contributed by atoms with E-state index in [0.29, 0.717) is 16.6 Å². The maximum Gasteiger partial charge on any atom is 0.258 e. The number of carbonyl (C=O) groups is 1. The Labute approximate surface area is 132 Å². The van der Waals surface area contributed by atoms with Crippen LogP contribution in [-0.4, -0.2) is 10.5 Å². The highest BCUT2D eigenvalue weighted by molar-refractivity contribution is 5.91. The van der Waals surface area contributed by atoms with Crippen molar-refractivity contribution >= 4 is 22.4 Å². The molecule has 0 saturated carbocycles. The van der Waals surface area contributed by atoms with Gasteiger partial charge in [-0.1, -0.05) is 24.3 Å². The van der Waals surface area contributed by atoms with E-state index in [1.165, 1.54) is 10.6 Å². The molecule has 0 spiro atoms. The van der Waals surface area contributed by atoms with Crippen molar-refractivity contribution in [3.8, 4) is 0 Å². The predicted molar refractivity (Wildman–Crippen MR) is 88.0 cm³/mol. The smallest absolute Gasteiger partial charge is 0.258 e. The van der Waals surface area contributed by atoms with Gasteiger partial charge in [-0.2, -0.15) is 0 Å². The van der Waals surface area contributed by atoms with E-state index in [4.69, 9.17) is 0 Å². The zero-order valence-electron chi connectivity index (χ0n) is 12.5. The molecule has 0 unspecified atom stereocenters. The second kappa shape index (κ2) is 6.04. The lowest BCUT2D eigenvalue weighted by Crippen LogP contribution is -2.27. The van der Waals surface area contributed by atoms with Crippen molar-refractivity contribution < 1.29 is 9.18 Å². The number of benzene rings is 2. The van der Waals surface area contributed by atoms with Crippen LogP contribution < -0.4 is 10.9 Å². The number of aryl methyl sites for hydroxylation is 1. The molecule has 0 aliphatic rings. The summed E-state index contributed by atoms with van der Waals surface area (Å²) in [7, 11) is 0. The molecule has 0 saturated heterocycles. The summed E-state index contributed by atoms with van der Waals surface area (Å²) in [5.41, 5.74) is 0.647. The Bertz CT molecular complexity index is 947. The second-order valence-corrected chi connectivity index (χ2v) is 5.35. The van der Waals surface area contributed by atoms with Crippen molar-refractivity contribution in [2.45, 2.75) is 13.5 Å². The van der Waals surface area contributed by atoms with E-state index in [2.05, 4.69) is 5.32 Å². The Morgan fingerprint density at radius 2 is 1.96 bits per heavy atom. The molecular weight excluding hydrogens is 295 g/mol. The van der Waals surface area contributed by atoms with Crippen LogP contribution in [0.2, 0.25) is 0 Å². The number of carbonyl (C=O) groups excluding carboxylic acids is 1. The number of rotatable bonds is 3. The van der Waals surface area contributed by atoms with Crippen molar-refractivity contribution in [1.29, 1.82) is 0 Å². The predicted octanol–water partition coefficient (Wildman–Crippen LogP) is 3.09. The quantitative estimate of drug-likeness (QED) is 0.808. The number of halogens is 1. The molecule has 0 radical (unpaired) electrons. The van der Waals surface area contributed by atoms with Gasteiger partial charge in [0.25, 0.3) is 5.56 Å². The van der Waals surface area contributed by atoms with Gasteiger partial charge >= 0.3 is 0 Å². The lowest BCUT2D eigenvalue weighted by Gasteiger charge is -2.09. The summed E-state index contributed by atoms with van der Waals surface area (Å²) in [6.45, 7) is 1.52. The van der Waals surface area contributed by atoms with E-state index in [9.17, 15) is 14.0 Å². The molecule has 3 rings (SSSR count). The minimum atomic E-state index is -0.384. The molecule has 0 bridgehead atoms. The summed E-state index contributed by atoms with van der Waals surface area (Å²) in [5.74, 6) is -0.767. The van der Waals surface area contributed by atoms with Crippen LogP contribution in [0, 0.1) is 12.7 Å². The molecule has 0 aliphatic carbocycles. The molecule has 0 fully saturated rings. The molecule has 3 aromatic rings. The Morgan fingerprint density at radius 3 is 2.74 bits per heavy atom. The van der Waals surface area contributed by atoms with Crippen LogP contribution in [-0.2, 0) is 11.3 Å². The SMILES string of the molecule is Cc1ccc(NC(=O)Cn2ccc3ccccc3c2=O)cc1F. The Kier molecular flexibility index (Phi) is 3.93. The first-order valence-electron chi connectivity index (χ1n) is 7.19. The van der Waals surface area contributed by atoms with Gasteiger partial charge in [-0.3, -0.25) is 9.59 Å². The van der Waals surface area contributed by atoms with Gasteiger partial charge < -0.3 is 9.88 Å². The number of hydrogen-bond acceptors (Lipinski definition) is 2. The molecule has 116 valence electrons. The maximum atomic E-state index is 13.5. The molecule has 23 heavy (non-hydrogen) atoms. The highest BCUT2D eigenvalue weighted by atomic mass is 19.1. The van der Waals surface area contributed by atoms with Gasteiger partial charge in [-0.15, -0.1) is 0 Å². The summed E-state index contributed by atoms with van der Waals surface area (Å²) in [5, 5.41) is 3.98. The van der Waals surface area contributed by atoms with Crippen molar-refractivity contribution in [3.63, 3.8) is 0 Å². The summed E-state index contributed by atoms with van der Waals surface area (Å²) < 4.78 is 14.8. The van der Waals surface area contributed by atoms with Gasteiger partial charge in [0.2, 0.25) is 5.91 Å². The fraction of sp³-hybridized carbons (Fsp3) is 0.111. The van der Waals surface area contributed by atoms with Gasteiger partial charge in [-0.25, -0.2) is 4.39 Å². The van der Waals surface area contributed by atoms with Crippen LogP contribution in [0.1, 0.15) is 5.56 Å². The van der Waals surface area contributed by atoms with Gasteiger partial charge in [0, 0.05) is 17.3 Å². The first kappa shape index (κ1) is 15.0. The average molecular weight is 310 g/mol. The summed E-state index contributed by atoms with van der Waals surface area (Å²) >= 11 is 0. The molecule has 2 aromatic carbocycles. The highest BCUT2D eigenvalue weighted by Crippen LogP contribution is 2.13. The third-order valence-corrected chi connectivity index (χ3v) is 3.66. The van der Waals surface area contributed by atoms with Crippen LogP contribution in [0.15, 0.2) is 59.5 Å². The number of pyridine rings is 1. The third kappa shape index (κ3) is 3.13. The van der Waals surface area contributed by atoms with E-state index in [1.807, 2.05) is 12.1 Å². The van der Waals surface area contributed by atoms with Gasteiger partial charge in [0.05, 0.1) is 0 Å². The number of fused-ring (bicyclic) bond motifs is 1. The normalized spacial score (nSPS) is 10.7. The van der Waals surface area contributed by atoms with Crippen molar-refractivity contribution in [2.24, 2.45) is 0 Å². The minimum Gasteiger partial charge on any atom is -0.324 e. The first-order chi connectivity index (χ1) is 11.0. The minimum absolute atomic E-state index is 0.126. The van der Waals surface area contributed by atoms with E-state index in [0.717, 1.165) is 5.39 Å². The topological polar surface area (TPSA) is 51.1 Å². The highest BCUT2D eigenvalue weighted by Gasteiger charge is 2.08. The van der Waals surface area contributed by atoms with Crippen molar-refractivity contribution in [3.05, 3.63) is 76.5 Å². The van der Waals surface area contributed by atoms with E-state index >= 15 is 0 Å². The lowest BCUT2D eigenvalue weighted by molar-refractivity contribution is -0.116. The van der Waals surface area contributed by atoms with Crippen LogP contribution in [0.3, 0.4) is 0 Å². The van der Waals surface area contributed by atoms with Crippen molar-refractivity contribution in [2.75, 3.05) is 5.32 Å². The van der Waals surface area contributed by atoms with Gasteiger partial charge in [0.15, 0.2) is 0 Å². The summed E-state index contributed by atoms with van der Waals surface area (Å²) in [6.07, 6.45) is 1.58. The summed E-state index contributed by atoms with van der Waals surface area (Å²) in [6, 6.07) is 13.5. The molecular formula is C18H15FN2O2. The fourth-order valence-corrected chi connectivity index (χ4v) is 2.38. The molecule has 1 amide bonds.